The Balaban J connectivity index is 1.29. The number of carbonyl (C=O) groups excluding carboxylic acids is 2. The van der Waals surface area contributed by atoms with Gasteiger partial charge in [-0.15, -0.1) is 11.8 Å². The third-order valence-corrected chi connectivity index (χ3v) is 11.2. The van der Waals surface area contributed by atoms with Crippen LogP contribution in [0, 0.1) is 29.6 Å². The molecule has 0 radical (unpaired) electrons. The topological polar surface area (TPSA) is 79.5 Å². The third-order valence-electron chi connectivity index (χ3n) is 8.63. The first-order chi connectivity index (χ1) is 18.2. The molecule has 7 atom stereocenters. The van der Waals surface area contributed by atoms with Crippen LogP contribution in [0.15, 0.2) is 58.4 Å². The lowest BCUT2D eigenvalue weighted by atomic mass is 9.68. The Morgan fingerprint density at radius 2 is 1.71 bits per heavy atom. The molecule has 2 bridgehead atoms. The highest BCUT2D eigenvalue weighted by atomic mass is 32.2. The van der Waals surface area contributed by atoms with Gasteiger partial charge in [0.25, 0.3) is 0 Å². The van der Waals surface area contributed by atoms with Crippen LogP contribution in [0.25, 0.3) is 0 Å². The number of thiazole rings is 1. The van der Waals surface area contributed by atoms with Crippen molar-refractivity contribution in [3.8, 4) is 5.75 Å². The lowest BCUT2D eigenvalue weighted by Gasteiger charge is -2.43. The number of benzene rings is 2. The van der Waals surface area contributed by atoms with Gasteiger partial charge in [0.2, 0.25) is 11.8 Å². The van der Waals surface area contributed by atoms with Crippen LogP contribution in [0.3, 0.4) is 0 Å². The molecule has 0 spiro atoms. The van der Waals surface area contributed by atoms with Crippen LogP contribution in [-0.4, -0.2) is 29.2 Å². The summed E-state index contributed by atoms with van der Waals surface area (Å²) in [6.45, 7) is 0. The zero-order valence-electron chi connectivity index (χ0n) is 19.9. The number of imide groups is 1. The van der Waals surface area contributed by atoms with E-state index in [0.717, 1.165) is 32.5 Å². The van der Waals surface area contributed by atoms with Gasteiger partial charge in [-0.3, -0.25) is 19.3 Å². The zero-order chi connectivity index (χ0) is 26.5. The number of hydrogen-bond acceptors (Lipinski definition) is 6. The van der Waals surface area contributed by atoms with Crippen molar-refractivity contribution in [1.82, 2.24) is 4.98 Å². The summed E-state index contributed by atoms with van der Waals surface area (Å²) in [5.41, 5.74) is 0.0791. The normalized spacial score (nSPS) is 31.4. The van der Waals surface area contributed by atoms with Crippen molar-refractivity contribution in [3.63, 3.8) is 0 Å². The van der Waals surface area contributed by atoms with Gasteiger partial charge in [0.05, 0.1) is 35.2 Å². The average Bonchev–Trinajstić information content (AvgIpc) is 3.62. The number of fused-ring (bicyclic) bond motifs is 9. The summed E-state index contributed by atoms with van der Waals surface area (Å²) in [5.74, 6) is -1.63. The number of amides is 2. The molecule has 2 aliphatic carbocycles. The number of aromatic nitrogens is 1. The lowest BCUT2D eigenvalue weighted by molar-refractivity contribution is -0.137. The standard InChI is InChI=1S/C27H21F3N2O4S2/c1-36-14-7-5-11(6-8-14)17-18-15-10-16(21(18)37-23-22(17)38-26(35)31-23)20-19(15)24(33)32(25(20)34)13-4-2-3-12(9-13)27(28,29)30/h2-9,15-21H,10H2,1H3,(H,31,35)/t15-,16-,17-,18-,19+,20+,21+/m1/s1. The highest BCUT2D eigenvalue weighted by molar-refractivity contribution is 8.00. The van der Waals surface area contributed by atoms with Gasteiger partial charge >= 0.3 is 11.0 Å². The zero-order valence-corrected chi connectivity index (χ0v) is 21.5. The van der Waals surface area contributed by atoms with Gasteiger partial charge in [0, 0.05) is 16.0 Å². The number of alkyl halides is 3. The number of halogens is 3. The molecule has 3 heterocycles. The summed E-state index contributed by atoms with van der Waals surface area (Å²) < 4.78 is 45.4. The summed E-state index contributed by atoms with van der Waals surface area (Å²) in [6.07, 6.45) is -3.88. The molecule has 2 saturated carbocycles. The van der Waals surface area contributed by atoms with Gasteiger partial charge in [-0.25, -0.2) is 0 Å². The second-order valence-electron chi connectivity index (χ2n) is 10.3. The van der Waals surface area contributed by atoms with E-state index in [0.29, 0.717) is 12.2 Å². The Hall–Kier alpha value is -3.05. The molecule has 2 aromatic carbocycles. The van der Waals surface area contributed by atoms with E-state index < -0.39 is 35.4 Å². The van der Waals surface area contributed by atoms with E-state index in [-0.39, 0.29) is 39.5 Å². The Morgan fingerprint density at radius 1 is 1.00 bits per heavy atom. The lowest BCUT2D eigenvalue weighted by Crippen LogP contribution is -2.42. The van der Waals surface area contributed by atoms with Crippen molar-refractivity contribution in [1.29, 1.82) is 0 Å². The largest absolute Gasteiger partial charge is 0.497 e. The number of methoxy groups -OCH3 is 1. The smallest absolute Gasteiger partial charge is 0.416 e. The molecular weight excluding hydrogens is 537 g/mol. The molecule has 1 aromatic heterocycles. The minimum Gasteiger partial charge on any atom is -0.497 e. The predicted molar refractivity (Wildman–Crippen MR) is 135 cm³/mol. The van der Waals surface area contributed by atoms with Crippen LogP contribution >= 0.6 is 23.1 Å². The summed E-state index contributed by atoms with van der Waals surface area (Å²) >= 11 is 2.75. The summed E-state index contributed by atoms with van der Waals surface area (Å²) in [6, 6.07) is 12.1. The first kappa shape index (κ1) is 24.0. The minimum absolute atomic E-state index is 0.00399. The molecule has 6 nitrogen and oxygen atoms in total. The Kier molecular flexibility index (Phi) is 5.20. The fourth-order valence-corrected chi connectivity index (χ4v) is 10.2. The van der Waals surface area contributed by atoms with Crippen LogP contribution in [-0.2, 0) is 15.8 Å². The number of hydrogen-bond donors (Lipinski definition) is 1. The minimum atomic E-state index is -4.58. The Bertz CT molecular complexity index is 1530. The van der Waals surface area contributed by atoms with E-state index in [2.05, 4.69) is 4.98 Å². The molecule has 196 valence electrons. The summed E-state index contributed by atoms with van der Waals surface area (Å²) in [4.78, 5) is 44.5. The number of H-pyrrole nitrogens is 1. The van der Waals surface area contributed by atoms with Crippen molar-refractivity contribution in [3.05, 3.63) is 74.2 Å². The van der Waals surface area contributed by atoms with E-state index in [9.17, 15) is 27.6 Å². The molecule has 3 fully saturated rings. The van der Waals surface area contributed by atoms with Gasteiger partial charge < -0.3 is 9.72 Å². The van der Waals surface area contributed by atoms with E-state index in [1.54, 1.807) is 18.9 Å². The highest BCUT2D eigenvalue weighted by Crippen LogP contribution is 2.68. The van der Waals surface area contributed by atoms with Gasteiger partial charge in [0.1, 0.15) is 5.75 Å². The van der Waals surface area contributed by atoms with Crippen molar-refractivity contribution in [2.24, 2.45) is 29.6 Å². The number of rotatable bonds is 3. The number of ether oxygens (including phenoxy) is 1. The molecule has 38 heavy (non-hydrogen) atoms. The molecule has 0 unspecified atom stereocenters. The van der Waals surface area contributed by atoms with Gasteiger partial charge in [-0.05, 0) is 60.1 Å². The fraction of sp³-hybridized carbons (Fsp3) is 0.370. The van der Waals surface area contributed by atoms with Crippen LogP contribution in [0.4, 0.5) is 18.9 Å². The average molecular weight is 559 g/mol. The first-order valence-electron chi connectivity index (χ1n) is 12.3. The molecule has 1 saturated heterocycles. The molecule has 1 N–H and O–H groups in total. The summed E-state index contributed by atoms with van der Waals surface area (Å²) in [5, 5.41) is 0.807. The van der Waals surface area contributed by atoms with E-state index in [1.165, 1.54) is 23.5 Å². The van der Waals surface area contributed by atoms with E-state index in [1.807, 2.05) is 24.3 Å². The van der Waals surface area contributed by atoms with Crippen LogP contribution in [0.5, 0.6) is 5.75 Å². The van der Waals surface area contributed by atoms with Crippen LogP contribution < -0.4 is 14.5 Å². The van der Waals surface area contributed by atoms with Crippen molar-refractivity contribution in [2.75, 3.05) is 12.0 Å². The maximum Gasteiger partial charge on any atom is 0.416 e. The van der Waals surface area contributed by atoms with Gasteiger partial charge in [-0.1, -0.05) is 29.5 Å². The predicted octanol–water partition coefficient (Wildman–Crippen LogP) is 5.14. The summed E-state index contributed by atoms with van der Waals surface area (Å²) in [7, 11) is 1.59. The van der Waals surface area contributed by atoms with Crippen molar-refractivity contribution < 1.29 is 27.5 Å². The van der Waals surface area contributed by atoms with Crippen molar-refractivity contribution in [2.45, 2.75) is 28.8 Å². The number of aromatic amines is 1. The van der Waals surface area contributed by atoms with Gasteiger partial charge in [0.15, 0.2) is 0 Å². The number of thioether (sulfide) groups is 1. The Morgan fingerprint density at radius 3 is 2.39 bits per heavy atom. The monoisotopic (exact) mass is 558 g/mol. The second-order valence-corrected chi connectivity index (χ2v) is 12.5. The molecule has 3 aromatic rings. The Labute approximate surface area is 223 Å². The fourth-order valence-electron chi connectivity index (χ4n) is 7.28. The maximum atomic E-state index is 13.7. The van der Waals surface area contributed by atoms with Gasteiger partial charge in [-0.2, -0.15) is 13.2 Å². The van der Waals surface area contributed by atoms with Crippen LogP contribution in [0.2, 0.25) is 0 Å². The third kappa shape index (κ3) is 3.30. The number of nitrogens with one attached hydrogen (secondary N) is 1. The van der Waals surface area contributed by atoms with E-state index >= 15 is 0 Å². The molecular formula is C27H21F3N2O4S2. The van der Waals surface area contributed by atoms with Crippen LogP contribution in [0.1, 0.15) is 28.3 Å². The number of carbonyl (C=O) groups is 2. The number of anilines is 1. The first-order valence-corrected chi connectivity index (χ1v) is 14.0. The number of nitrogens with zero attached hydrogens (tertiary/aromatic N) is 1. The van der Waals surface area contributed by atoms with Crippen molar-refractivity contribution >= 4 is 40.6 Å². The molecule has 11 heteroatoms. The second kappa shape index (κ2) is 8.22. The molecule has 2 amide bonds. The molecule has 7 rings (SSSR count). The SMILES string of the molecule is COc1ccc([C@H]2c3sc(=O)[nH]c3S[C@H]3[C@@H]4C[C@@H]([C@@H]5C(=O)N(c6cccc(C(F)(F)F)c6)C(=O)[C@@H]45)[C@H]23)cc1. The maximum absolute atomic E-state index is 13.7. The molecule has 4 aliphatic rings. The highest BCUT2D eigenvalue weighted by Gasteiger charge is 2.69. The quantitative estimate of drug-likeness (QED) is 0.451. The van der Waals surface area contributed by atoms with E-state index in [4.69, 9.17) is 4.74 Å². The molecule has 2 aliphatic heterocycles.